The number of morpholine rings is 1. The smallest absolute Gasteiger partial charge is 0.0633 e. The highest BCUT2D eigenvalue weighted by molar-refractivity contribution is 4.93. The van der Waals surface area contributed by atoms with E-state index < -0.39 is 0 Å². The molecule has 0 unspecified atom stereocenters. The van der Waals surface area contributed by atoms with Gasteiger partial charge in [-0.15, -0.1) is 0 Å². The molecule has 0 radical (unpaired) electrons. The van der Waals surface area contributed by atoms with Crippen molar-refractivity contribution in [2.24, 2.45) is 0 Å². The van der Waals surface area contributed by atoms with E-state index >= 15 is 0 Å². The first-order valence-electron chi connectivity index (χ1n) is 5.14. The van der Waals surface area contributed by atoms with Crippen molar-refractivity contribution in [3.8, 4) is 0 Å². The zero-order valence-electron chi connectivity index (χ0n) is 8.84. The molecule has 2 rings (SSSR count). The lowest BCUT2D eigenvalue weighted by molar-refractivity contribution is -0.0315. The summed E-state index contributed by atoms with van der Waals surface area (Å²) >= 11 is 0. The van der Waals surface area contributed by atoms with Gasteiger partial charge in [-0.2, -0.15) is 0 Å². The molecule has 2 heterocycles. The number of nitrogens with one attached hydrogen (secondary N) is 1. The molecule has 3 heteroatoms. The summed E-state index contributed by atoms with van der Waals surface area (Å²) in [6, 6.07) is 1.10. The molecule has 0 aromatic rings. The van der Waals surface area contributed by atoms with Gasteiger partial charge in [0.1, 0.15) is 0 Å². The van der Waals surface area contributed by atoms with E-state index in [4.69, 9.17) is 4.74 Å². The molecule has 2 fully saturated rings. The standard InChI is InChI=1S/C10H20N2O/c1-10(2,3)12-4-8-6-13-7-9(5-12)11-8/h8-9,11H,4-7H2,1-3H3/t8-,9+. The Morgan fingerprint density at radius 3 is 2.15 bits per heavy atom. The Bertz CT molecular complexity index is 176. The van der Waals surface area contributed by atoms with E-state index in [1.54, 1.807) is 0 Å². The second-order valence-corrected chi connectivity index (χ2v) is 5.17. The second-order valence-electron chi connectivity index (χ2n) is 5.17. The Morgan fingerprint density at radius 1 is 1.15 bits per heavy atom. The van der Waals surface area contributed by atoms with Crippen LogP contribution in [0.5, 0.6) is 0 Å². The molecule has 0 aromatic carbocycles. The van der Waals surface area contributed by atoms with Crippen LogP contribution >= 0.6 is 0 Å². The minimum atomic E-state index is 0.302. The zero-order valence-corrected chi connectivity index (χ0v) is 8.84. The van der Waals surface area contributed by atoms with Gasteiger partial charge in [0.25, 0.3) is 0 Å². The monoisotopic (exact) mass is 184 g/mol. The number of ether oxygens (including phenoxy) is 1. The number of fused-ring (bicyclic) bond motifs is 2. The van der Waals surface area contributed by atoms with Crippen molar-refractivity contribution >= 4 is 0 Å². The van der Waals surface area contributed by atoms with Crippen molar-refractivity contribution in [2.45, 2.75) is 38.4 Å². The molecule has 2 aliphatic rings. The molecule has 2 bridgehead atoms. The van der Waals surface area contributed by atoms with Crippen LogP contribution in [0.4, 0.5) is 0 Å². The largest absolute Gasteiger partial charge is 0.378 e. The molecule has 76 valence electrons. The Balaban J connectivity index is 2.01. The van der Waals surface area contributed by atoms with Crippen molar-refractivity contribution in [3.63, 3.8) is 0 Å². The first-order chi connectivity index (χ1) is 6.05. The first-order valence-corrected chi connectivity index (χ1v) is 5.14. The Labute approximate surface area is 80.4 Å². The zero-order chi connectivity index (χ0) is 9.47. The van der Waals surface area contributed by atoms with E-state index in [9.17, 15) is 0 Å². The van der Waals surface area contributed by atoms with Crippen molar-refractivity contribution in [1.29, 1.82) is 0 Å². The Hall–Kier alpha value is -0.120. The topological polar surface area (TPSA) is 24.5 Å². The molecule has 2 atom stereocenters. The van der Waals surface area contributed by atoms with Gasteiger partial charge in [-0.1, -0.05) is 0 Å². The molecule has 0 aromatic heterocycles. The summed E-state index contributed by atoms with van der Waals surface area (Å²) in [5.74, 6) is 0. The summed E-state index contributed by atoms with van der Waals surface area (Å²) in [6.07, 6.45) is 0. The quantitative estimate of drug-likeness (QED) is 0.592. The lowest BCUT2D eigenvalue weighted by Crippen LogP contribution is -2.65. The molecule has 2 aliphatic heterocycles. The van der Waals surface area contributed by atoms with Crippen LogP contribution in [0, 0.1) is 0 Å². The molecule has 13 heavy (non-hydrogen) atoms. The number of nitrogens with zero attached hydrogens (tertiary/aromatic N) is 1. The fourth-order valence-corrected chi connectivity index (χ4v) is 2.15. The molecule has 0 saturated carbocycles. The number of hydrogen-bond donors (Lipinski definition) is 1. The Morgan fingerprint density at radius 2 is 1.69 bits per heavy atom. The SMILES string of the molecule is CC(C)(C)N1C[C@H]2COC[C@@H](C1)N2. The summed E-state index contributed by atoms with van der Waals surface area (Å²) < 4.78 is 5.51. The van der Waals surface area contributed by atoms with Crippen molar-refractivity contribution in [3.05, 3.63) is 0 Å². The number of rotatable bonds is 0. The highest BCUT2D eigenvalue weighted by atomic mass is 16.5. The molecular weight excluding hydrogens is 164 g/mol. The molecule has 0 spiro atoms. The third-order valence-corrected chi connectivity index (χ3v) is 2.94. The van der Waals surface area contributed by atoms with Gasteiger partial charge in [0.15, 0.2) is 0 Å². The van der Waals surface area contributed by atoms with Crippen LogP contribution in [0.15, 0.2) is 0 Å². The third kappa shape index (κ3) is 2.03. The predicted octanol–water partition coefficient (Wildman–Crippen LogP) is 0.457. The maximum Gasteiger partial charge on any atom is 0.0633 e. The summed E-state index contributed by atoms with van der Waals surface area (Å²) in [4.78, 5) is 2.56. The van der Waals surface area contributed by atoms with Crippen LogP contribution in [0.3, 0.4) is 0 Å². The fraction of sp³-hybridized carbons (Fsp3) is 1.00. The summed E-state index contributed by atoms with van der Waals surface area (Å²) in [7, 11) is 0. The lowest BCUT2D eigenvalue weighted by atomic mass is 9.99. The molecule has 2 saturated heterocycles. The van der Waals surface area contributed by atoms with E-state index in [1.807, 2.05) is 0 Å². The van der Waals surface area contributed by atoms with Gasteiger partial charge in [0, 0.05) is 30.7 Å². The van der Waals surface area contributed by atoms with Crippen LogP contribution in [-0.2, 0) is 4.74 Å². The van der Waals surface area contributed by atoms with Crippen molar-refractivity contribution in [2.75, 3.05) is 26.3 Å². The van der Waals surface area contributed by atoms with Crippen LogP contribution in [0.25, 0.3) is 0 Å². The first kappa shape index (κ1) is 9.44. The number of piperazine rings is 1. The molecule has 0 amide bonds. The molecule has 0 aliphatic carbocycles. The van der Waals surface area contributed by atoms with E-state index in [0.29, 0.717) is 17.6 Å². The molecule has 1 N–H and O–H groups in total. The van der Waals surface area contributed by atoms with Gasteiger partial charge >= 0.3 is 0 Å². The van der Waals surface area contributed by atoms with E-state index in [0.717, 1.165) is 26.3 Å². The normalized spacial score (nSPS) is 36.2. The van der Waals surface area contributed by atoms with E-state index in [2.05, 4.69) is 31.0 Å². The molecule has 3 nitrogen and oxygen atoms in total. The highest BCUT2D eigenvalue weighted by Crippen LogP contribution is 2.19. The summed E-state index contributed by atoms with van der Waals surface area (Å²) in [5.41, 5.74) is 0.302. The number of hydrogen-bond acceptors (Lipinski definition) is 3. The third-order valence-electron chi connectivity index (χ3n) is 2.94. The van der Waals surface area contributed by atoms with Gasteiger partial charge in [-0.25, -0.2) is 0 Å². The fourth-order valence-electron chi connectivity index (χ4n) is 2.15. The maximum atomic E-state index is 5.51. The van der Waals surface area contributed by atoms with E-state index in [-0.39, 0.29) is 0 Å². The van der Waals surface area contributed by atoms with Gasteiger partial charge < -0.3 is 10.1 Å². The minimum absolute atomic E-state index is 0.302. The van der Waals surface area contributed by atoms with Crippen molar-refractivity contribution < 1.29 is 4.74 Å². The minimum Gasteiger partial charge on any atom is -0.378 e. The average molecular weight is 184 g/mol. The van der Waals surface area contributed by atoms with Crippen LogP contribution in [-0.4, -0.2) is 48.8 Å². The van der Waals surface area contributed by atoms with E-state index in [1.165, 1.54) is 0 Å². The maximum absolute atomic E-state index is 5.51. The van der Waals surface area contributed by atoms with Gasteiger partial charge in [0.2, 0.25) is 0 Å². The van der Waals surface area contributed by atoms with Gasteiger partial charge in [-0.3, -0.25) is 4.90 Å². The predicted molar refractivity (Wildman–Crippen MR) is 52.9 cm³/mol. The van der Waals surface area contributed by atoms with Gasteiger partial charge in [-0.05, 0) is 20.8 Å². The van der Waals surface area contributed by atoms with Crippen LogP contribution in [0.1, 0.15) is 20.8 Å². The van der Waals surface area contributed by atoms with Gasteiger partial charge in [0.05, 0.1) is 13.2 Å². The highest BCUT2D eigenvalue weighted by Gasteiger charge is 2.34. The molecular formula is C10H20N2O. The van der Waals surface area contributed by atoms with Crippen molar-refractivity contribution in [1.82, 2.24) is 10.2 Å². The van der Waals surface area contributed by atoms with Crippen LogP contribution < -0.4 is 5.32 Å². The summed E-state index contributed by atoms with van der Waals surface area (Å²) in [6.45, 7) is 10.9. The lowest BCUT2D eigenvalue weighted by Gasteiger charge is -2.47. The second kappa shape index (κ2) is 3.23. The average Bonchev–Trinajstić information content (AvgIpc) is 2.01. The van der Waals surface area contributed by atoms with Crippen LogP contribution in [0.2, 0.25) is 0 Å². The summed E-state index contributed by atoms with van der Waals surface area (Å²) in [5, 5.41) is 3.59. The Kier molecular flexibility index (Phi) is 2.34.